The van der Waals surface area contributed by atoms with E-state index in [0.717, 1.165) is 5.56 Å². The van der Waals surface area contributed by atoms with Gasteiger partial charge in [-0.3, -0.25) is 14.5 Å². The first-order valence-corrected chi connectivity index (χ1v) is 8.04. The minimum Gasteiger partial charge on any atom is -0.482 e. The minimum atomic E-state index is -1.11. The summed E-state index contributed by atoms with van der Waals surface area (Å²) in [7, 11) is 1.66. The van der Waals surface area contributed by atoms with Crippen LogP contribution in [-0.2, 0) is 16.1 Å². The molecule has 0 aliphatic carbocycles. The van der Waals surface area contributed by atoms with Gasteiger partial charge in [0.2, 0.25) is 5.91 Å². The minimum absolute atomic E-state index is 0.0251. The fourth-order valence-electron chi connectivity index (χ4n) is 2.71. The van der Waals surface area contributed by atoms with Crippen molar-refractivity contribution in [2.24, 2.45) is 0 Å². The maximum Gasteiger partial charge on any atom is 0.335 e. The Balaban J connectivity index is 1.78. The van der Waals surface area contributed by atoms with Crippen molar-refractivity contribution in [1.82, 2.24) is 4.90 Å². The maximum atomic E-state index is 12.6. The van der Waals surface area contributed by atoms with Crippen LogP contribution in [0.25, 0.3) is 0 Å². The third kappa shape index (κ3) is 3.66. The second-order valence-electron chi connectivity index (χ2n) is 5.99. The molecule has 1 heterocycles. The quantitative estimate of drug-likeness (QED) is 0.884. The van der Waals surface area contributed by atoms with E-state index in [1.165, 1.54) is 28.0 Å². The Labute approximate surface area is 150 Å². The van der Waals surface area contributed by atoms with Crippen LogP contribution in [-0.4, -0.2) is 48.0 Å². The Bertz CT molecular complexity index is 850. The van der Waals surface area contributed by atoms with E-state index >= 15 is 0 Å². The van der Waals surface area contributed by atoms with Crippen LogP contribution in [0, 0.1) is 0 Å². The second kappa shape index (κ2) is 7.26. The van der Waals surface area contributed by atoms with Gasteiger partial charge in [-0.05, 0) is 23.8 Å². The van der Waals surface area contributed by atoms with E-state index in [1.807, 2.05) is 30.3 Å². The molecule has 134 valence electrons. The zero-order valence-corrected chi connectivity index (χ0v) is 14.2. The molecule has 0 spiro atoms. The highest BCUT2D eigenvalue weighted by atomic mass is 16.5. The molecule has 3 rings (SSSR count). The van der Waals surface area contributed by atoms with Crippen LogP contribution in [0.15, 0.2) is 48.5 Å². The van der Waals surface area contributed by atoms with Gasteiger partial charge in [-0.25, -0.2) is 4.79 Å². The average Bonchev–Trinajstić information content (AvgIpc) is 2.64. The van der Waals surface area contributed by atoms with Crippen molar-refractivity contribution in [2.45, 2.75) is 6.54 Å². The molecule has 1 N–H and O–H groups in total. The first kappa shape index (κ1) is 17.5. The number of carbonyl (C=O) groups excluding carboxylic acids is 2. The van der Waals surface area contributed by atoms with Gasteiger partial charge in [0.25, 0.3) is 5.91 Å². The lowest BCUT2D eigenvalue weighted by molar-refractivity contribution is -0.131. The van der Waals surface area contributed by atoms with Crippen LogP contribution in [0.2, 0.25) is 0 Å². The first-order valence-electron chi connectivity index (χ1n) is 8.04. The molecule has 0 saturated carbocycles. The number of hydrogen-bond donors (Lipinski definition) is 1. The molecule has 0 fully saturated rings. The molecule has 2 amide bonds. The number of fused-ring (bicyclic) bond motifs is 1. The number of carboxylic acid groups (broad SMARTS) is 1. The van der Waals surface area contributed by atoms with E-state index in [-0.39, 0.29) is 30.5 Å². The van der Waals surface area contributed by atoms with Gasteiger partial charge in [0, 0.05) is 13.6 Å². The molecule has 0 bridgehead atoms. The van der Waals surface area contributed by atoms with E-state index < -0.39 is 5.97 Å². The zero-order valence-electron chi connectivity index (χ0n) is 14.2. The SMILES string of the molecule is CN(Cc1ccccc1)C(=O)CN1C(=O)COc2ccc(C(=O)O)cc21. The molecule has 7 nitrogen and oxygen atoms in total. The Morgan fingerprint density at radius 3 is 2.62 bits per heavy atom. The number of aromatic carboxylic acids is 1. The summed E-state index contributed by atoms with van der Waals surface area (Å²) in [4.78, 5) is 38.8. The second-order valence-corrected chi connectivity index (χ2v) is 5.99. The summed E-state index contributed by atoms with van der Waals surface area (Å²) in [6.07, 6.45) is 0. The molecule has 2 aromatic rings. The van der Waals surface area contributed by atoms with Crippen LogP contribution in [0.3, 0.4) is 0 Å². The highest BCUT2D eigenvalue weighted by molar-refractivity contribution is 6.03. The lowest BCUT2D eigenvalue weighted by Crippen LogP contribution is -2.45. The van der Waals surface area contributed by atoms with Crippen molar-refractivity contribution in [3.05, 3.63) is 59.7 Å². The van der Waals surface area contributed by atoms with Crippen LogP contribution in [0.1, 0.15) is 15.9 Å². The Hall–Kier alpha value is -3.35. The van der Waals surface area contributed by atoms with Gasteiger partial charge in [0.1, 0.15) is 12.3 Å². The number of nitrogens with zero attached hydrogens (tertiary/aromatic N) is 2. The van der Waals surface area contributed by atoms with E-state index in [1.54, 1.807) is 7.05 Å². The fraction of sp³-hybridized carbons (Fsp3) is 0.211. The molecular formula is C19H18N2O5. The van der Waals surface area contributed by atoms with Gasteiger partial charge in [0.15, 0.2) is 6.61 Å². The van der Waals surface area contributed by atoms with Gasteiger partial charge in [0.05, 0.1) is 11.3 Å². The number of rotatable bonds is 5. The molecule has 1 aliphatic heterocycles. The third-order valence-corrected chi connectivity index (χ3v) is 4.13. The van der Waals surface area contributed by atoms with E-state index in [4.69, 9.17) is 9.84 Å². The standard InChI is InChI=1S/C19H18N2O5/c1-20(10-13-5-3-2-4-6-13)17(22)11-21-15-9-14(19(24)25)7-8-16(15)26-12-18(21)23/h2-9H,10-12H2,1H3,(H,24,25). The maximum absolute atomic E-state index is 12.6. The Morgan fingerprint density at radius 2 is 1.92 bits per heavy atom. The molecular weight excluding hydrogens is 336 g/mol. The summed E-state index contributed by atoms with van der Waals surface area (Å²) in [6.45, 7) is 0.0525. The monoisotopic (exact) mass is 354 g/mol. The molecule has 26 heavy (non-hydrogen) atoms. The summed E-state index contributed by atoms with van der Waals surface area (Å²) in [5, 5.41) is 9.15. The highest BCUT2D eigenvalue weighted by Crippen LogP contribution is 2.33. The predicted octanol–water partition coefficient (Wildman–Crippen LogP) is 1.77. The number of amides is 2. The summed E-state index contributed by atoms with van der Waals surface area (Å²) in [5.74, 6) is -1.37. The Kier molecular flexibility index (Phi) is 4.88. The number of benzene rings is 2. The van der Waals surface area contributed by atoms with Gasteiger partial charge in [-0.1, -0.05) is 30.3 Å². The summed E-state index contributed by atoms with van der Waals surface area (Å²) in [5.41, 5.74) is 1.30. The number of likely N-dealkylation sites (N-methyl/N-ethyl adjacent to an activating group) is 1. The molecule has 0 atom stereocenters. The first-order chi connectivity index (χ1) is 12.5. The van der Waals surface area contributed by atoms with Gasteiger partial charge >= 0.3 is 5.97 Å². The van der Waals surface area contributed by atoms with Crippen molar-refractivity contribution in [1.29, 1.82) is 0 Å². The summed E-state index contributed by atoms with van der Waals surface area (Å²) in [6, 6.07) is 13.8. The van der Waals surface area contributed by atoms with Crippen molar-refractivity contribution in [3.8, 4) is 5.75 Å². The zero-order chi connectivity index (χ0) is 18.7. The molecule has 0 saturated heterocycles. The highest BCUT2D eigenvalue weighted by Gasteiger charge is 2.29. The lowest BCUT2D eigenvalue weighted by Gasteiger charge is -2.30. The smallest absolute Gasteiger partial charge is 0.335 e. The summed E-state index contributed by atoms with van der Waals surface area (Å²) >= 11 is 0. The van der Waals surface area contributed by atoms with Crippen molar-refractivity contribution in [2.75, 3.05) is 25.1 Å². The molecule has 0 aromatic heterocycles. The predicted molar refractivity (Wildman–Crippen MR) is 94.2 cm³/mol. The molecule has 2 aromatic carbocycles. The fourth-order valence-corrected chi connectivity index (χ4v) is 2.71. The number of hydrogen-bond acceptors (Lipinski definition) is 4. The van der Waals surface area contributed by atoms with E-state index in [9.17, 15) is 14.4 Å². The lowest BCUT2D eigenvalue weighted by atomic mass is 10.1. The van der Waals surface area contributed by atoms with Gasteiger partial charge in [-0.15, -0.1) is 0 Å². The third-order valence-electron chi connectivity index (χ3n) is 4.13. The van der Waals surface area contributed by atoms with Crippen LogP contribution < -0.4 is 9.64 Å². The van der Waals surface area contributed by atoms with E-state index in [2.05, 4.69) is 0 Å². The number of ether oxygens (including phenoxy) is 1. The summed E-state index contributed by atoms with van der Waals surface area (Å²) < 4.78 is 5.33. The van der Waals surface area contributed by atoms with Crippen LogP contribution in [0.4, 0.5) is 5.69 Å². The Morgan fingerprint density at radius 1 is 1.19 bits per heavy atom. The average molecular weight is 354 g/mol. The number of carbonyl (C=O) groups is 3. The molecule has 1 aliphatic rings. The number of anilines is 1. The largest absolute Gasteiger partial charge is 0.482 e. The van der Waals surface area contributed by atoms with Crippen LogP contribution >= 0.6 is 0 Å². The molecule has 7 heteroatoms. The van der Waals surface area contributed by atoms with E-state index in [0.29, 0.717) is 18.0 Å². The van der Waals surface area contributed by atoms with Gasteiger partial charge < -0.3 is 14.7 Å². The van der Waals surface area contributed by atoms with Crippen molar-refractivity contribution < 1.29 is 24.2 Å². The molecule has 0 unspecified atom stereocenters. The molecule has 0 radical (unpaired) electrons. The van der Waals surface area contributed by atoms with Crippen LogP contribution in [0.5, 0.6) is 5.75 Å². The van der Waals surface area contributed by atoms with Crippen molar-refractivity contribution >= 4 is 23.5 Å². The van der Waals surface area contributed by atoms with Crippen molar-refractivity contribution in [3.63, 3.8) is 0 Å². The topological polar surface area (TPSA) is 87.2 Å². The number of carboxylic acids is 1. The van der Waals surface area contributed by atoms with Gasteiger partial charge in [-0.2, -0.15) is 0 Å². The normalized spacial score (nSPS) is 13.0.